The Bertz CT molecular complexity index is 1060. The van der Waals surface area contributed by atoms with Gasteiger partial charge in [0.1, 0.15) is 6.61 Å². The lowest BCUT2D eigenvalue weighted by Crippen LogP contribution is -2.51. The first kappa shape index (κ1) is 17.4. The van der Waals surface area contributed by atoms with Crippen LogP contribution in [-0.4, -0.2) is 45.4 Å². The van der Waals surface area contributed by atoms with E-state index in [1.807, 2.05) is 24.3 Å². The van der Waals surface area contributed by atoms with Crippen molar-refractivity contribution in [1.29, 1.82) is 0 Å². The summed E-state index contributed by atoms with van der Waals surface area (Å²) < 4.78 is 6.96. The minimum Gasteiger partial charge on any atom is -0.448 e. The second-order valence-corrected chi connectivity index (χ2v) is 7.25. The molecule has 0 saturated carbocycles. The molecule has 3 aromatic rings. The summed E-state index contributed by atoms with van der Waals surface area (Å²) in [5, 5.41) is 15.0. The summed E-state index contributed by atoms with van der Waals surface area (Å²) in [5.41, 5.74) is 4.68. The van der Waals surface area contributed by atoms with Crippen molar-refractivity contribution in [3.05, 3.63) is 82.0 Å². The smallest absolute Gasteiger partial charge is 0.410 e. The molecular weight excluding hydrogens is 372 g/mol. The Labute approximate surface area is 166 Å². The van der Waals surface area contributed by atoms with Crippen LogP contribution in [-0.2, 0) is 4.74 Å². The van der Waals surface area contributed by atoms with Gasteiger partial charge in [0, 0.05) is 5.92 Å². The third kappa shape index (κ3) is 2.84. The van der Waals surface area contributed by atoms with E-state index in [1.54, 1.807) is 4.90 Å². The number of benzene rings is 2. The average Bonchev–Trinajstić information content (AvgIpc) is 3.29. The normalized spacial score (nSPS) is 15.5. The summed E-state index contributed by atoms with van der Waals surface area (Å²) in [5.74, 6) is -0.0576. The lowest BCUT2D eigenvalue weighted by Gasteiger charge is -2.35. The molecule has 5 rings (SSSR count). The van der Waals surface area contributed by atoms with Gasteiger partial charge in [-0.25, -0.2) is 4.79 Å². The highest BCUT2D eigenvalue weighted by molar-refractivity contribution is 5.79. The Kier molecular flexibility index (Phi) is 4.04. The molecule has 0 radical (unpaired) electrons. The Morgan fingerprint density at radius 3 is 2.31 bits per heavy atom. The summed E-state index contributed by atoms with van der Waals surface area (Å²) >= 11 is 0. The molecule has 1 aliphatic heterocycles. The maximum absolute atomic E-state index is 12.5. The molecule has 0 N–H and O–H groups in total. The Balaban J connectivity index is 1.24. The molecule has 0 bridgehead atoms. The van der Waals surface area contributed by atoms with Crippen LogP contribution in [0.5, 0.6) is 0 Å². The van der Waals surface area contributed by atoms with Gasteiger partial charge in [-0.2, -0.15) is 0 Å². The van der Waals surface area contributed by atoms with Crippen LogP contribution in [0.4, 0.5) is 10.6 Å². The molecule has 8 nitrogen and oxygen atoms in total. The zero-order valence-corrected chi connectivity index (χ0v) is 15.5. The number of rotatable bonds is 4. The van der Waals surface area contributed by atoms with Crippen LogP contribution < -0.4 is 0 Å². The van der Waals surface area contributed by atoms with E-state index >= 15 is 0 Å². The fourth-order valence-electron chi connectivity index (χ4n) is 4.18. The fourth-order valence-corrected chi connectivity index (χ4v) is 4.18. The standard InChI is InChI=1S/C21H18N4O4/c26-21(23-11-14(12-23)24-20(25(27)28)9-10-22-24)29-13-19-17-7-3-1-5-15(17)16-6-2-4-8-18(16)19/h1-10,14,19H,11-13H2. The second-order valence-electron chi connectivity index (χ2n) is 7.25. The molecule has 1 amide bonds. The Morgan fingerprint density at radius 2 is 1.69 bits per heavy atom. The Morgan fingerprint density at radius 1 is 1.07 bits per heavy atom. The highest BCUT2D eigenvalue weighted by atomic mass is 16.6. The predicted octanol–water partition coefficient (Wildman–Crippen LogP) is 3.60. The first-order valence-corrected chi connectivity index (χ1v) is 9.41. The van der Waals surface area contributed by atoms with Gasteiger partial charge in [0.25, 0.3) is 0 Å². The van der Waals surface area contributed by atoms with Gasteiger partial charge in [-0.3, -0.25) is 4.90 Å². The highest BCUT2D eigenvalue weighted by Gasteiger charge is 2.39. The van der Waals surface area contributed by atoms with Crippen LogP contribution in [0.3, 0.4) is 0 Å². The Hall–Kier alpha value is -3.68. The number of amides is 1. The maximum Gasteiger partial charge on any atom is 0.410 e. The van der Waals surface area contributed by atoms with Crippen molar-refractivity contribution in [2.75, 3.05) is 19.7 Å². The number of ether oxygens (including phenoxy) is 1. The molecule has 1 saturated heterocycles. The van der Waals surface area contributed by atoms with Crippen LogP contribution in [0.15, 0.2) is 60.8 Å². The van der Waals surface area contributed by atoms with Crippen molar-refractivity contribution in [2.45, 2.75) is 12.0 Å². The number of nitro groups is 1. The first-order valence-electron chi connectivity index (χ1n) is 9.41. The number of carbonyl (C=O) groups excluding carboxylic acids is 1. The summed E-state index contributed by atoms with van der Waals surface area (Å²) in [6.07, 6.45) is 0.992. The maximum atomic E-state index is 12.5. The van der Waals surface area contributed by atoms with E-state index in [4.69, 9.17) is 4.74 Å². The zero-order chi connectivity index (χ0) is 20.0. The molecule has 2 heterocycles. The van der Waals surface area contributed by atoms with Crippen LogP contribution in [0.2, 0.25) is 0 Å². The van der Waals surface area contributed by atoms with Gasteiger partial charge < -0.3 is 14.9 Å². The third-order valence-corrected chi connectivity index (χ3v) is 5.64. The molecule has 1 aromatic heterocycles. The largest absolute Gasteiger partial charge is 0.448 e. The minimum atomic E-state index is -0.469. The summed E-state index contributed by atoms with van der Waals surface area (Å²) in [4.78, 5) is 24.6. The second kappa shape index (κ2) is 6.73. The van der Waals surface area contributed by atoms with E-state index < -0.39 is 11.0 Å². The molecular formula is C21H18N4O4. The van der Waals surface area contributed by atoms with Gasteiger partial charge in [0.2, 0.25) is 0 Å². The summed E-state index contributed by atoms with van der Waals surface area (Å²) in [6.45, 7) is 0.953. The summed E-state index contributed by atoms with van der Waals surface area (Å²) in [6, 6.07) is 17.5. The SMILES string of the molecule is O=C(OCC1c2ccccc2-c2ccccc21)N1CC(n2nccc2[N+](=O)[O-])C1. The molecule has 0 unspecified atom stereocenters. The predicted molar refractivity (Wildman–Crippen MR) is 105 cm³/mol. The van der Waals surface area contributed by atoms with Crippen LogP contribution in [0.25, 0.3) is 11.1 Å². The number of fused-ring (bicyclic) bond motifs is 3. The number of hydrogen-bond acceptors (Lipinski definition) is 5. The highest BCUT2D eigenvalue weighted by Crippen LogP contribution is 2.44. The van der Waals surface area contributed by atoms with E-state index in [9.17, 15) is 14.9 Å². The molecule has 8 heteroatoms. The monoisotopic (exact) mass is 390 g/mol. The lowest BCUT2D eigenvalue weighted by atomic mass is 9.98. The van der Waals surface area contributed by atoms with Crippen LogP contribution in [0.1, 0.15) is 23.1 Å². The van der Waals surface area contributed by atoms with Crippen molar-refractivity contribution < 1.29 is 14.5 Å². The molecule has 29 heavy (non-hydrogen) atoms. The zero-order valence-electron chi connectivity index (χ0n) is 15.5. The lowest BCUT2D eigenvalue weighted by molar-refractivity contribution is -0.393. The van der Waals surface area contributed by atoms with Crippen molar-refractivity contribution in [1.82, 2.24) is 14.7 Å². The number of hydrogen-bond donors (Lipinski definition) is 0. The quantitative estimate of drug-likeness (QED) is 0.501. The number of carbonyl (C=O) groups is 1. The van der Waals surface area contributed by atoms with E-state index in [0.717, 1.165) is 11.1 Å². The average molecular weight is 390 g/mol. The van der Waals surface area contributed by atoms with Crippen LogP contribution >= 0.6 is 0 Å². The van der Waals surface area contributed by atoms with Crippen molar-refractivity contribution in [3.63, 3.8) is 0 Å². The van der Waals surface area contributed by atoms with Crippen molar-refractivity contribution in [2.24, 2.45) is 0 Å². The molecule has 146 valence electrons. The van der Waals surface area contributed by atoms with Crippen LogP contribution in [0, 0.1) is 10.1 Å². The van der Waals surface area contributed by atoms with E-state index in [-0.39, 0.29) is 24.4 Å². The van der Waals surface area contributed by atoms with Gasteiger partial charge in [-0.05, 0) is 27.2 Å². The van der Waals surface area contributed by atoms with Gasteiger partial charge in [-0.15, -0.1) is 4.68 Å². The van der Waals surface area contributed by atoms with Gasteiger partial charge in [0.15, 0.2) is 6.04 Å². The summed E-state index contributed by atoms with van der Waals surface area (Å²) in [7, 11) is 0. The first-order chi connectivity index (χ1) is 14.1. The van der Waals surface area contributed by atoms with Crippen molar-refractivity contribution >= 4 is 11.9 Å². The number of likely N-dealkylation sites (tertiary alicyclic amines) is 1. The van der Waals surface area contributed by atoms with E-state index in [0.29, 0.717) is 13.1 Å². The van der Waals surface area contributed by atoms with Gasteiger partial charge in [-0.1, -0.05) is 53.6 Å². The fraction of sp³-hybridized carbons (Fsp3) is 0.238. The number of aromatic nitrogens is 2. The molecule has 1 fully saturated rings. The number of nitrogens with zero attached hydrogens (tertiary/aromatic N) is 4. The van der Waals surface area contributed by atoms with E-state index in [1.165, 1.54) is 28.1 Å². The molecule has 0 atom stereocenters. The third-order valence-electron chi connectivity index (χ3n) is 5.64. The topological polar surface area (TPSA) is 90.5 Å². The molecule has 2 aliphatic rings. The van der Waals surface area contributed by atoms with Gasteiger partial charge >= 0.3 is 11.9 Å². The molecule has 1 aliphatic carbocycles. The van der Waals surface area contributed by atoms with Gasteiger partial charge in [0.05, 0.1) is 25.4 Å². The van der Waals surface area contributed by atoms with Crippen molar-refractivity contribution in [3.8, 4) is 11.1 Å². The molecule has 0 spiro atoms. The molecule has 2 aromatic carbocycles. The minimum absolute atomic E-state index is 0.00984. The van der Waals surface area contributed by atoms with E-state index in [2.05, 4.69) is 29.4 Å².